The minimum atomic E-state index is -0.277. The van der Waals surface area contributed by atoms with E-state index in [9.17, 15) is 4.39 Å². The van der Waals surface area contributed by atoms with E-state index in [1.165, 1.54) is 12.1 Å². The molecular weight excluding hydrogens is 271 g/mol. The van der Waals surface area contributed by atoms with Crippen LogP contribution >= 0.6 is 0 Å². The zero-order chi connectivity index (χ0) is 15.1. The number of anilines is 1. The molecule has 1 N–H and O–H groups in total. The van der Waals surface area contributed by atoms with Crippen LogP contribution in [0.4, 0.5) is 10.1 Å². The molecule has 0 atom stereocenters. The van der Waals surface area contributed by atoms with Crippen molar-refractivity contribution in [3.63, 3.8) is 0 Å². The van der Waals surface area contributed by atoms with Crippen LogP contribution in [-0.2, 0) is 0 Å². The van der Waals surface area contributed by atoms with E-state index in [2.05, 4.69) is 10.5 Å². The Morgan fingerprint density at radius 2 is 1.90 bits per heavy atom. The van der Waals surface area contributed by atoms with Crippen molar-refractivity contribution in [3.05, 3.63) is 53.8 Å². The molecule has 0 saturated carbocycles. The van der Waals surface area contributed by atoms with E-state index >= 15 is 0 Å². The first-order chi connectivity index (χ1) is 10.2. The summed E-state index contributed by atoms with van der Waals surface area (Å²) < 4.78 is 23.5. The smallest absolute Gasteiger partial charge is 0.161 e. The molecule has 0 heterocycles. The third-order valence-electron chi connectivity index (χ3n) is 2.74. The largest absolute Gasteiger partial charge is 0.493 e. The lowest BCUT2D eigenvalue weighted by molar-refractivity contribution is 0.311. The molecule has 0 aliphatic carbocycles. The molecule has 0 fully saturated rings. The van der Waals surface area contributed by atoms with Crippen molar-refractivity contribution >= 4 is 11.9 Å². The fourth-order valence-corrected chi connectivity index (χ4v) is 1.74. The molecule has 21 heavy (non-hydrogen) atoms. The lowest BCUT2D eigenvalue weighted by Gasteiger charge is -2.09. The molecule has 0 unspecified atom stereocenters. The highest BCUT2D eigenvalue weighted by molar-refractivity contribution is 5.81. The van der Waals surface area contributed by atoms with Crippen molar-refractivity contribution in [1.29, 1.82) is 0 Å². The molecular formula is C16H17FN2O2. The van der Waals surface area contributed by atoms with Crippen LogP contribution in [0, 0.1) is 5.82 Å². The van der Waals surface area contributed by atoms with E-state index in [0.29, 0.717) is 23.8 Å². The predicted octanol–water partition coefficient (Wildman–Crippen LogP) is 3.68. The van der Waals surface area contributed by atoms with Crippen molar-refractivity contribution in [2.75, 3.05) is 19.1 Å². The molecule has 0 aliphatic rings. The Labute approximate surface area is 123 Å². The van der Waals surface area contributed by atoms with Gasteiger partial charge in [0.25, 0.3) is 0 Å². The second-order valence-electron chi connectivity index (χ2n) is 4.22. The Hall–Kier alpha value is -2.56. The number of halogens is 1. The van der Waals surface area contributed by atoms with Crippen LogP contribution in [0.1, 0.15) is 12.5 Å². The molecule has 2 rings (SSSR count). The molecule has 0 saturated heterocycles. The van der Waals surface area contributed by atoms with Crippen molar-refractivity contribution < 1.29 is 13.9 Å². The average molecular weight is 288 g/mol. The van der Waals surface area contributed by atoms with Crippen LogP contribution in [0.15, 0.2) is 47.6 Å². The van der Waals surface area contributed by atoms with Gasteiger partial charge < -0.3 is 9.47 Å². The summed E-state index contributed by atoms with van der Waals surface area (Å²) in [5.41, 5.74) is 4.41. The molecule has 5 heteroatoms. The topological polar surface area (TPSA) is 42.8 Å². The molecule has 0 aromatic heterocycles. The first kappa shape index (κ1) is 14.8. The fraction of sp³-hybridized carbons (Fsp3) is 0.188. The van der Waals surface area contributed by atoms with Crippen molar-refractivity contribution in [2.45, 2.75) is 6.92 Å². The number of nitrogens with zero attached hydrogens (tertiary/aromatic N) is 1. The normalized spacial score (nSPS) is 10.6. The second kappa shape index (κ2) is 7.28. The van der Waals surface area contributed by atoms with Gasteiger partial charge in [-0.2, -0.15) is 5.10 Å². The molecule has 0 aliphatic heterocycles. The number of hydrogen-bond acceptors (Lipinski definition) is 4. The number of hydrogen-bond donors (Lipinski definition) is 1. The van der Waals surface area contributed by atoms with Crippen LogP contribution in [0.2, 0.25) is 0 Å². The number of benzene rings is 2. The van der Waals surface area contributed by atoms with E-state index < -0.39 is 0 Å². The molecule has 2 aromatic carbocycles. The Balaban J connectivity index is 2.05. The monoisotopic (exact) mass is 288 g/mol. The quantitative estimate of drug-likeness (QED) is 0.651. The predicted molar refractivity (Wildman–Crippen MR) is 81.8 cm³/mol. The van der Waals surface area contributed by atoms with Crippen LogP contribution in [-0.4, -0.2) is 19.9 Å². The van der Waals surface area contributed by atoms with E-state index in [1.807, 2.05) is 25.1 Å². The number of ether oxygens (including phenoxy) is 2. The summed E-state index contributed by atoms with van der Waals surface area (Å²) in [5.74, 6) is 1.08. The average Bonchev–Trinajstić information content (AvgIpc) is 2.51. The highest BCUT2D eigenvalue weighted by Gasteiger charge is 2.03. The van der Waals surface area contributed by atoms with Crippen molar-refractivity contribution in [2.24, 2.45) is 5.10 Å². The zero-order valence-electron chi connectivity index (χ0n) is 12.0. The first-order valence-electron chi connectivity index (χ1n) is 6.58. The van der Waals surface area contributed by atoms with Gasteiger partial charge in [0.15, 0.2) is 11.5 Å². The standard InChI is InChI=1S/C16H17FN2O2/c1-3-21-15-9-4-12(10-16(15)20-2)11-18-19-14-7-5-13(17)6-8-14/h4-11,19H,3H2,1-2H3/b18-11-. The van der Waals surface area contributed by atoms with Crippen LogP contribution in [0.5, 0.6) is 11.5 Å². The van der Waals surface area contributed by atoms with Gasteiger partial charge in [-0.3, -0.25) is 5.43 Å². The maximum atomic E-state index is 12.8. The maximum absolute atomic E-state index is 12.8. The number of hydrazone groups is 1. The third kappa shape index (κ3) is 4.21. The van der Waals surface area contributed by atoms with Gasteiger partial charge in [-0.25, -0.2) is 4.39 Å². The van der Waals surface area contributed by atoms with Crippen LogP contribution < -0.4 is 14.9 Å². The van der Waals surface area contributed by atoms with E-state index in [1.54, 1.807) is 25.5 Å². The summed E-state index contributed by atoms with van der Waals surface area (Å²) >= 11 is 0. The molecule has 0 amide bonds. The lowest BCUT2D eigenvalue weighted by atomic mass is 10.2. The van der Waals surface area contributed by atoms with Crippen LogP contribution in [0.25, 0.3) is 0 Å². The van der Waals surface area contributed by atoms with Gasteiger partial charge in [0.1, 0.15) is 5.82 Å². The van der Waals surface area contributed by atoms with Gasteiger partial charge in [0.2, 0.25) is 0 Å². The second-order valence-corrected chi connectivity index (χ2v) is 4.22. The van der Waals surface area contributed by atoms with Gasteiger partial charge in [-0.05, 0) is 55.0 Å². The Morgan fingerprint density at radius 1 is 1.14 bits per heavy atom. The fourth-order valence-electron chi connectivity index (χ4n) is 1.74. The Morgan fingerprint density at radius 3 is 2.57 bits per heavy atom. The molecule has 4 nitrogen and oxygen atoms in total. The van der Waals surface area contributed by atoms with E-state index in [-0.39, 0.29) is 5.82 Å². The highest BCUT2D eigenvalue weighted by atomic mass is 19.1. The van der Waals surface area contributed by atoms with Gasteiger partial charge in [-0.1, -0.05) is 0 Å². The Bertz CT molecular complexity index is 612. The minimum Gasteiger partial charge on any atom is -0.493 e. The number of nitrogens with one attached hydrogen (secondary N) is 1. The summed E-state index contributed by atoms with van der Waals surface area (Å²) in [6.07, 6.45) is 1.65. The minimum absolute atomic E-state index is 0.277. The summed E-state index contributed by atoms with van der Waals surface area (Å²) in [5, 5.41) is 4.10. The SMILES string of the molecule is CCOc1ccc(/C=N\Nc2ccc(F)cc2)cc1OC. The lowest BCUT2D eigenvalue weighted by Crippen LogP contribution is -1.97. The maximum Gasteiger partial charge on any atom is 0.161 e. The van der Waals surface area contributed by atoms with Gasteiger partial charge in [0, 0.05) is 0 Å². The molecule has 2 aromatic rings. The van der Waals surface area contributed by atoms with Crippen molar-refractivity contribution in [3.8, 4) is 11.5 Å². The number of methoxy groups -OCH3 is 1. The summed E-state index contributed by atoms with van der Waals surface area (Å²) in [6, 6.07) is 11.5. The van der Waals surface area contributed by atoms with Gasteiger partial charge in [0.05, 0.1) is 25.6 Å². The van der Waals surface area contributed by atoms with E-state index in [4.69, 9.17) is 9.47 Å². The summed E-state index contributed by atoms with van der Waals surface area (Å²) in [4.78, 5) is 0. The Kier molecular flexibility index (Phi) is 5.15. The molecule has 0 bridgehead atoms. The number of rotatable bonds is 6. The molecule has 110 valence electrons. The van der Waals surface area contributed by atoms with Crippen LogP contribution in [0.3, 0.4) is 0 Å². The van der Waals surface area contributed by atoms with E-state index in [0.717, 1.165) is 5.56 Å². The summed E-state index contributed by atoms with van der Waals surface area (Å²) in [6.45, 7) is 2.50. The first-order valence-corrected chi connectivity index (χ1v) is 6.58. The van der Waals surface area contributed by atoms with Crippen molar-refractivity contribution in [1.82, 2.24) is 0 Å². The molecule has 0 radical (unpaired) electrons. The third-order valence-corrected chi connectivity index (χ3v) is 2.74. The summed E-state index contributed by atoms with van der Waals surface area (Å²) in [7, 11) is 1.59. The zero-order valence-corrected chi connectivity index (χ0v) is 12.0. The van der Waals surface area contributed by atoms with Gasteiger partial charge >= 0.3 is 0 Å². The molecule has 0 spiro atoms. The van der Waals surface area contributed by atoms with Gasteiger partial charge in [-0.15, -0.1) is 0 Å². The highest BCUT2D eigenvalue weighted by Crippen LogP contribution is 2.27.